The van der Waals surface area contributed by atoms with Crippen molar-refractivity contribution in [2.24, 2.45) is 5.73 Å². The standard InChI is InChI=1S/C5H9N3.CH4.ClH/c6-2-1-5-3-7-4-8-5;;/h3-4H,1-2,6H2,(H,7,8);1H4;1H. The molecule has 4 heteroatoms. The van der Waals surface area contributed by atoms with Gasteiger partial charge in [-0.3, -0.25) is 0 Å². The molecule has 0 bridgehead atoms. The number of rotatable bonds is 2. The van der Waals surface area contributed by atoms with Gasteiger partial charge in [-0.2, -0.15) is 0 Å². The van der Waals surface area contributed by atoms with Crippen molar-refractivity contribution in [2.75, 3.05) is 6.54 Å². The summed E-state index contributed by atoms with van der Waals surface area (Å²) < 4.78 is 0. The fraction of sp³-hybridized carbons (Fsp3) is 0.500. The summed E-state index contributed by atoms with van der Waals surface area (Å²) in [6.45, 7) is 0.683. The maximum atomic E-state index is 5.27. The lowest BCUT2D eigenvalue weighted by Crippen LogP contribution is -2.02. The maximum Gasteiger partial charge on any atom is 0.0921 e. The van der Waals surface area contributed by atoms with E-state index in [-0.39, 0.29) is 19.8 Å². The normalized spacial score (nSPS) is 7.70. The molecule has 0 atom stereocenters. The Morgan fingerprint density at radius 2 is 2.30 bits per heavy atom. The highest BCUT2D eigenvalue weighted by Gasteiger charge is 1.86. The van der Waals surface area contributed by atoms with Crippen LogP contribution >= 0.6 is 12.4 Å². The van der Waals surface area contributed by atoms with Gasteiger partial charge in [0, 0.05) is 18.3 Å². The lowest BCUT2D eigenvalue weighted by atomic mass is 10.3. The second kappa shape index (κ2) is 6.58. The smallest absolute Gasteiger partial charge is 0.0921 e. The number of nitrogens with zero attached hydrogens (tertiary/aromatic N) is 1. The Hall–Kier alpha value is -0.540. The van der Waals surface area contributed by atoms with Crippen LogP contribution in [0.1, 0.15) is 13.1 Å². The first-order valence-corrected chi connectivity index (χ1v) is 2.61. The van der Waals surface area contributed by atoms with E-state index in [0.717, 1.165) is 12.1 Å². The zero-order valence-corrected chi connectivity index (χ0v) is 5.82. The van der Waals surface area contributed by atoms with Gasteiger partial charge in [0.05, 0.1) is 6.33 Å². The molecule has 1 aromatic heterocycles. The number of aromatic nitrogens is 2. The number of aromatic amines is 1. The highest BCUT2D eigenvalue weighted by atomic mass is 35.5. The van der Waals surface area contributed by atoms with E-state index in [0.29, 0.717) is 6.54 Å². The number of hydrogen-bond donors (Lipinski definition) is 2. The van der Waals surface area contributed by atoms with Crippen LogP contribution in [0.4, 0.5) is 0 Å². The molecule has 60 valence electrons. The lowest BCUT2D eigenvalue weighted by Gasteiger charge is -1.86. The molecule has 3 nitrogen and oxygen atoms in total. The monoisotopic (exact) mass is 163 g/mol. The van der Waals surface area contributed by atoms with E-state index < -0.39 is 0 Å². The van der Waals surface area contributed by atoms with Crippen LogP contribution in [0.5, 0.6) is 0 Å². The molecule has 1 aromatic rings. The van der Waals surface area contributed by atoms with Crippen LogP contribution in [0.2, 0.25) is 0 Å². The lowest BCUT2D eigenvalue weighted by molar-refractivity contribution is 0.935. The Kier molecular flexibility index (Phi) is 8.00. The SMILES string of the molecule is C.Cl.NCCc1cnc[nH]1. The first-order valence-electron chi connectivity index (χ1n) is 2.61. The van der Waals surface area contributed by atoms with Crippen LogP contribution in [0.15, 0.2) is 12.5 Å². The first-order chi connectivity index (χ1) is 3.93. The van der Waals surface area contributed by atoms with Gasteiger partial charge in [-0.25, -0.2) is 4.98 Å². The van der Waals surface area contributed by atoms with Crippen molar-refractivity contribution in [1.82, 2.24) is 9.97 Å². The summed E-state index contributed by atoms with van der Waals surface area (Å²) in [6, 6.07) is 0. The van der Waals surface area contributed by atoms with Gasteiger partial charge in [-0.1, -0.05) is 7.43 Å². The van der Waals surface area contributed by atoms with Crippen LogP contribution < -0.4 is 5.73 Å². The molecule has 3 N–H and O–H groups in total. The first kappa shape index (κ1) is 12.2. The van der Waals surface area contributed by atoms with E-state index >= 15 is 0 Å². The van der Waals surface area contributed by atoms with Crippen molar-refractivity contribution in [3.05, 3.63) is 18.2 Å². The van der Waals surface area contributed by atoms with Gasteiger partial charge in [0.2, 0.25) is 0 Å². The highest BCUT2D eigenvalue weighted by molar-refractivity contribution is 5.85. The Morgan fingerprint density at radius 1 is 1.60 bits per heavy atom. The third-order valence-corrected chi connectivity index (χ3v) is 0.969. The molecule has 0 unspecified atom stereocenters. The quantitative estimate of drug-likeness (QED) is 0.683. The number of halogens is 1. The molecule has 0 fully saturated rings. The molecule has 0 saturated heterocycles. The zero-order chi connectivity index (χ0) is 5.82. The summed E-state index contributed by atoms with van der Waals surface area (Å²) in [7, 11) is 0. The maximum absolute atomic E-state index is 5.27. The van der Waals surface area contributed by atoms with Crippen molar-refractivity contribution in [3.8, 4) is 0 Å². The number of imidazole rings is 1. The van der Waals surface area contributed by atoms with E-state index in [2.05, 4.69) is 9.97 Å². The number of nitrogens with two attached hydrogens (primary N) is 1. The third kappa shape index (κ3) is 3.48. The van der Waals surface area contributed by atoms with Crippen molar-refractivity contribution in [3.63, 3.8) is 0 Å². The molecule has 0 aliphatic rings. The minimum atomic E-state index is 0. The minimum Gasteiger partial charge on any atom is -0.348 e. The molecule has 0 saturated carbocycles. The Morgan fingerprint density at radius 3 is 2.70 bits per heavy atom. The fourth-order valence-corrected chi connectivity index (χ4v) is 0.577. The van der Waals surface area contributed by atoms with Crippen LogP contribution in [0, 0.1) is 0 Å². The van der Waals surface area contributed by atoms with Crippen LogP contribution in [0.3, 0.4) is 0 Å². The summed E-state index contributed by atoms with van der Waals surface area (Å²) in [6.07, 6.45) is 4.33. The molecular formula is C6H14ClN3. The highest BCUT2D eigenvalue weighted by Crippen LogP contribution is 1.88. The third-order valence-electron chi connectivity index (χ3n) is 0.969. The second-order valence-electron chi connectivity index (χ2n) is 1.62. The van der Waals surface area contributed by atoms with Crippen LogP contribution in [-0.2, 0) is 6.42 Å². The van der Waals surface area contributed by atoms with Gasteiger partial charge in [-0.15, -0.1) is 12.4 Å². The average Bonchev–Trinajstić information content (AvgIpc) is 2.19. The summed E-state index contributed by atoms with van der Waals surface area (Å²) in [5.41, 5.74) is 6.38. The molecule has 0 aromatic carbocycles. The van der Waals surface area contributed by atoms with Gasteiger partial charge in [0.25, 0.3) is 0 Å². The summed E-state index contributed by atoms with van der Waals surface area (Å²) >= 11 is 0. The fourth-order valence-electron chi connectivity index (χ4n) is 0.577. The van der Waals surface area contributed by atoms with Crippen molar-refractivity contribution in [1.29, 1.82) is 0 Å². The molecular weight excluding hydrogens is 150 g/mol. The summed E-state index contributed by atoms with van der Waals surface area (Å²) in [5, 5.41) is 0. The molecule has 0 aliphatic heterocycles. The van der Waals surface area contributed by atoms with Gasteiger partial charge < -0.3 is 10.7 Å². The van der Waals surface area contributed by atoms with Gasteiger partial charge >= 0.3 is 0 Å². The largest absolute Gasteiger partial charge is 0.348 e. The van der Waals surface area contributed by atoms with Crippen molar-refractivity contribution >= 4 is 12.4 Å². The molecule has 0 amide bonds. The van der Waals surface area contributed by atoms with E-state index in [9.17, 15) is 0 Å². The van der Waals surface area contributed by atoms with Crippen molar-refractivity contribution in [2.45, 2.75) is 13.8 Å². The van der Waals surface area contributed by atoms with Crippen LogP contribution in [-0.4, -0.2) is 16.5 Å². The van der Waals surface area contributed by atoms with E-state index in [1.165, 1.54) is 0 Å². The van der Waals surface area contributed by atoms with Gasteiger partial charge in [0.15, 0.2) is 0 Å². The Bertz CT molecular complexity index is 139. The summed E-state index contributed by atoms with van der Waals surface area (Å²) in [4.78, 5) is 6.78. The average molecular weight is 164 g/mol. The Labute approximate surface area is 67.5 Å². The van der Waals surface area contributed by atoms with E-state index in [1.807, 2.05) is 0 Å². The minimum absolute atomic E-state index is 0. The second-order valence-corrected chi connectivity index (χ2v) is 1.62. The number of H-pyrrole nitrogens is 1. The molecule has 1 rings (SSSR count). The zero-order valence-electron chi connectivity index (χ0n) is 5.00. The molecule has 10 heavy (non-hydrogen) atoms. The predicted octanol–water partition coefficient (Wildman–Crippen LogP) is 0.969. The van der Waals surface area contributed by atoms with Crippen LogP contribution in [0.25, 0.3) is 0 Å². The van der Waals surface area contributed by atoms with E-state index in [4.69, 9.17) is 5.73 Å². The molecule has 1 heterocycles. The predicted molar refractivity (Wildman–Crippen MR) is 45.3 cm³/mol. The number of nitrogens with one attached hydrogen (secondary N) is 1. The van der Waals surface area contributed by atoms with Gasteiger partial charge in [-0.05, 0) is 6.54 Å². The topological polar surface area (TPSA) is 54.7 Å². The Balaban J connectivity index is 0. The van der Waals surface area contributed by atoms with Crippen molar-refractivity contribution < 1.29 is 0 Å². The van der Waals surface area contributed by atoms with E-state index in [1.54, 1.807) is 12.5 Å². The summed E-state index contributed by atoms with van der Waals surface area (Å²) in [5.74, 6) is 0. The molecule has 0 spiro atoms. The molecule has 0 radical (unpaired) electrons. The molecule has 0 aliphatic carbocycles. The van der Waals surface area contributed by atoms with Gasteiger partial charge in [0.1, 0.15) is 0 Å². The number of hydrogen-bond acceptors (Lipinski definition) is 2.